The monoisotopic (exact) mass is 305 g/mol. The van der Waals surface area contributed by atoms with Gasteiger partial charge in [0.2, 0.25) is 0 Å². The van der Waals surface area contributed by atoms with Crippen LogP contribution in [0.1, 0.15) is 15.9 Å². The number of hydrogen-bond acceptors (Lipinski definition) is 2. The molecule has 0 saturated carbocycles. The summed E-state index contributed by atoms with van der Waals surface area (Å²) >= 11 is 0. The van der Waals surface area contributed by atoms with Crippen LogP contribution in [0.5, 0.6) is 0 Å². The lowest BCUT2D eigenvalue weighted by atomic mass is 10.1. The van der Waals surface area contributed by atoms with Gasteiger partial charge < -0.3 is 5.32 Å². The van der Waals surface area contributed by atoms with Crippen LogP contribution < -0.4 is 5.32 Å². The Labute approximate surface area is 125 Å². The average Bonchev–Trinajstić information content (AvgIpc) is 2.50. The normalized spacial score (nSPS) is 11.9. The molecule has 2 aromatic rings. The molecule has 0 aromatic heterocycles. The maximum Gasteiger partial charge on any atom is 0.254 e. The third-order valence-corrected chi connectivity index (χ3v) is 4.32. The van der Waals surface area contributed by atoms with Gasteiger partial charge in [-0.15, -0.1) is 0 Å². The lowest BCUT2D eigenvalue weighted by Crippen LogP contribution is -2.28. The van der Waals surface area contributed by atoms with E-state index in [1.165, 1.54) is 12.1 Å². The first-order valence-corrected chi connectivity index (χ1v) is 7.87. The van der Waals surface area contributed by atoms with Gasteiger partial charge in [0, 0.05) is 17.2 Å². The van der Waals surface area contributed by atoms with Crippen molar-refractivity contribution in [1.29, 1.82) is 0 Å². The number of rotatable bonds is 5. The maximum absolute atomic E-state index is 13.6. The molecule has 3 nitrogen and oxygen atoms in total. The number of halogens is 1. The predicted molar refractivity (Wildman–Crippen MR) is 81.2 cm³/mol. The second-order valence-corrected chi connectivity index (χ2v) is 6.17. The number of carbonyl (C=O) groups is 1. The standard InChI is InChI=1S/C16H16FNO2S/c1-12-7-8-15(17)14(11-12)16(19)18-9-10-21(20)13-5-3-2-4-6-13/h2-8,11H,9-10H2,1H3,(H,18,19). The second kappa shape index (κ2) is 7.13. The minimum atomic E-state index is -1.17. The summed E-state index contributed by atoms with van der Waals surface area (Å²) in [5.41, 5.74) is 0.829. The van der Waals surface area contributed by atoms with Gasteiger partial charge >= 0.3 is 0 Å². The van der Waals surface area contributed by atoms with Gasteiger partial charge in [0.05, 0.1) is 16.4 Å². The fourth-order valence-corrected chi connectivity index (χ4v) is 2.84. The Balaban J connectivity index is 1.90. The van der Waals surface area contributed by atoms with Crippen molar-refractivity contribution in [3.63, 3.8) is 0 Å². The van der Waals surface area contributed by atoms with Crippen LogP contribution in [-0.4, -0.2) is 22.4 Å². The molecular formula is C16H16FNO2S. The van der Waals surface area contributed by atoms with Gasteiger partial charge in [-0.25, -0.2) is 4.39 Å². The van der Waals surface area contributed by atoms with Crippen LogP contribution in [0, 0.1) is 12.7 Å². The van der Waals surface area contributed by atoms with Crippen molar-refractivity contribution in [2.45, 2.75) is 11.8 Å². The number of benzene rings is 2. The molecule has 1 atom stereocenters. The van der Waals surface area contributed by atoms with Gasteiger partial charge in [0.1, 0.15) is 5.82 Å². The van der Waals surface area contributed by atoms with E-state index in [2.05, 4.69) is 5.32 Å². The molecule has 0 radical (unpaired) electrons. The van der Waals surface area contributed by atoms with Crippen LogP contribution in [0.4, 0.5) is 4.39 Å². The van der Waals surface area contributed by atoms with Crippen LogP contribution in [0.2, 0.25) is 0 Å². The highest BCUT2D eigenvalue weighted by Gasteiger charge is 2.12. The minimum absolute atomic E-state index is 0.0143. The molecule has 0 aliphatic carbocycles. The zero-order valence-electron chi connectivity index (χ0n) is 11.6. The predicted octanol–water partition coefficient (Wildman–Crippen LogP) is 2.67. The van der Waals surface area contributed by atoms with Crippen LogP contribution >= 0.6 is 0 Å². The first-order valence-electron chi connectivity index (χ1n) is 6.55. The summed E-state index contributed by atoms with van der Waals surface area (Å²) in [4.78, 5) is 12.6. The van der Waals surface area contributed by atoms with E-state index < -0.39 is 22.5 Å². The van der Waals surface area contributed by atoms with Crippen LogP contribution in [-0.2, 0) is 10.8 Å². The molecule has 2 aromatic carbocycles. The van der Waals surface area contributed by atoms with E-state index in [0.29, 0.717) is 10.6 Å². The maximum atomic E-state index is 13.6. The number of nitrogens with one attached hydrogen (secondary N) is 1. The Morgan fingerprint density at radius 2 is 1.90 bits per heavy atom. The van der Waals surface area contributed by atoms with Crippen molar-refractivity contribution in [2.24, 2.45) is 0 Å². The van der Waals surface area contributed by atoms with Gasteiger partial charge in [-0.05, 0) is 31.2 Å². The summed E-state index contributed by atoms with van der Waals surface area (Å²) in [5.74, 6) is -0.744. The van der Waals surface area contributed by atoms with Gasteiger partial charge in [-0.1, -0.05) is 29.8 Å². The Bertz CT molecular complexity index is 659. The fraction of sp³-hybridized carbons (Fsp3) is 0.188. The van der Waals surface area contributed by atoms with E-state index in [0.717, 1.165) is 5.56 Å². The smallest absolute Gasteiger partial charge is 0.254 e. The molecule has 1 unspecified atom stereocenters. The van der Waals surface area contributed by atoms with E-state index in [1.54, 1.807) is 25.1 Å². The first-order chi connectivity index (χ1) is 10.1. The Morgan fingerprint density at radius 1 is 1.19 bits per heavy atom. The molecule has 0 saturated heterocycles. The topological polar surface area (TPSA) is 46.2 Å². The Morgan fingerprint density at radius 3 is 2.62 bits per heavy atom. The number of hydrogen-bond donors (Lipinski definition) is 1. The third kappa shape index (κ3) is 4.23. The highest BCUT2D eigenvalue weighted by atomic mass is 32.2. The number of carbonyl (C=O) groups excluding carboxylic acids is 1. The Hall–Kier alpha value is -2.01. The lowest BCUT2D eigenvalue weighted by molar-refractivity contribution is 0.0952. The molecule has 2 rings (SSSR count). The van der Waals surface area contributed by atoms with E-state index in [4.69, 9.17) is 0 Å². The van der Waals surface area contributed by atoms with Gasteiger partial charge in [0.15, 0.2) is 0 Å². The largest absolute Gasteiger partial charge is 0.351 e. The summed E-state index contributed by atoms with van der Waals surface area (Å²) in [6.07, 6.45) is 0. The second-order valence-electron chi connectivity index (χ2n) is 4.60. The summed E-state index contributed by atoms with van der Waals surface area (Å²) < 4.78 is 25.5. The summed E-state index contributed by atoms with van der Waals surface area (Å²) in [6.45, 7) is 2.02. The van der Waals surface area contributed by atoms with Gasteiger partial charge in [-0.2, -0.15) is 0 Å². The molecule has 0 heterocycles. The van der Waals surface area contributed by atoms with Gasteiger partial charge in [0.25, 0.3) is 5.91 Å². The van der Waals surface area contributed by atoms with Crippen molar-refractivity contribution >= 4 is 16.7 Å². The van der Waals surface area contributed by atoms with Crippen molar-refractivity contribution in [3.8, 4) is 0 Å². The third-order valence-electron chi connectivity index (χ3n) is 2.95. The molecule has 0 aliphatic rings. The quantitative estimate of drug-likeness (QED) is 0.923. The average molecular weight is 305 g/mol. The fourth-order valence-electron chi connectivity index (χ4n) is 1.86. The summed E-state index contributed by atoms with van der Waals surface area (Å²) in [6, 6.07) is 13.4. The Kier molecular flexibility index (Phi) is 5.22. The molecule has 0 fully saturated rings. The zero-order chi connectivity index (χ0) is 15.2. The first kappa shape index (κ1) is 15.4. The molecule has 5 heteroatoms. The molecular weight excluding hydrogens is 289 g/mol. The van der Waals surface area contributed by atoms with Crippen molar-refractivity contribution in [3.05, 3.63) is 65.5 Å². The van der Waals surface area contributed by atoms with Gasteiger partial charge in [-0.3, -0.25) is 9.00 Å². The highest BCUT2D eigenvalue weighted by Crippen LogP contribution is 2.10. The molecule has 110 valence electrons. The van der Waals surface area contributed by atoms with Crippen molar-refractivity contribution in [2.75, 3.05) is 12.3 Å². The number of aryl methyl sites for hydroxylation is 1. The van der Waals surface area contributed by atoms with Crippen molar-refractivity contribution < 1.29 is 13.4 Å². The minimum Gasteiger partial charge on any atom is -0.351 e. The molecule has 0 aliphatic heterocycles. The molecule has 1 N–H and O–H groups in total. The molecule has 0 bridgehead atoms. The van der Waals surface area contributed by atoms with E-state index in [9.17, 15) is 13.4 Å². The molecule has 0 spiro atoms. The highest BCUT2D eigenvalue weighted by molar-refractivity contribution is 7.85. The lowest BCUT2D eigenvalue weighted by Gasteiger charge is -2.07. The SMILES string of the molecule is Cc1ccc(F)c(C(=O)NCCS(=O)c2ccccc2)c1. The van der Waals surface area contributed by atoms with Crippen molar-refractivity contribution in [1.82, 2.24) is 5.32 Å². The summed E-state index contributed by atoms with van der Waals surface area (Å²) in [5, 5.41) is 2.60. The molecule has 1 amide bonds. The van der Waals surface area contributed by atoms with E-state index in [-0.39, 0.29) is 12.1 Å². The van der Waals surface area contributed by atoms with Crippen LogP contribution in [0.25, 0.3) is 0 Å². The van der Waals surface area contributed by atoms with Crippen LogP contribution in [0.3, 0.4) is 0 Å². The van der Waals surface area contributed by atoms with E-state index in [1.807, 2.05) is 18.2 Å². The summed E-state index contributed by atoms with van der Waals surface area (Å²) in [7, 11) is -1.17. The molecule has 21 heavy (non-hydrogen) atoms. The van der Waals surface area contributed by atoms with Crippen LogP contribution in [0.15, 0.2) is 53.4 Å². The number of amides is 1. The van der Waals surface area contributed by atoms with E-state index >= 15 is 0 Å². The zero-order valence-corrected chi connectivity index (χ0v) is 12.5.